The zero-order valence-electron chi connectivity index (χ0n) is 24.9. The van der Waals surface area contributed by atoms with Gasteiger partial charge in [-0.25, -0.2) is 8.42 Å². The molecule has 0 radical (unpaired) electrons. The molecular formula is C33H42ClN3O4S. The largest absolute Gasteiger partial charge is 0.354 e. The first-order chi connectivity index (χ1) is 20.0. The monoisotopic (exact) mass is 611 g/mol. The third-order valence-electron chi connectivity index (χ3n) is 6.98. The summed E-state index contributed by atoms with van der Waals surface area (Å²) in [6.07, 6.45) is 2.73. The van der Waals surface area contributed by atoms with Crippen LogP contribution in [0, 0.1) is 5.92 Å². The van der Waals surface area contributed by atoms with E-state index in [1.54, 1.807) is 29.2 Å². The maximum Gasteiger partial charge on any atom is 0.243 e. The van der Waals surface area contributed by atoms with E-state index in [1.807, 2.05) is 75.4 Å². The minimum atomic E-state index is -3.57. The lowest BCUT2D eigenvalue weighted by Crippen LogP contribution is -2.51. The van der Waals surface area contributed by atoms with Gasteiger partial charge >= 0.3 is 0 Å². The van der Waals surface area contributed by atoms with Crippen molar-refractivity contribution in [2.75, 3.05) is 23.7 Å². The van der Waals surface area contributed by atoms with Gasteiger partial charge in [-0.2, -0.15) is 0 Å². The molecule has 0 unspecified atom stereocenters. The van der Waals surface area contributed by atoms with E-state index in [1.165, 1.54) is 10.6 Å². The van der Waals surface area contributed by atoms with Crippen LogP contribution in [0.1, 0.15) is 50.3 Å². The summed E-state index contributed by atoms with van der Waals surface area (Å²) in [5.41, 5.74) is 3.41. The highest BCUT2D eigenvalue weighted by Crippen LogP contribution is 2.22. The second-order valence-electron chi connectivity index (χ2n) is 11.0. The minimum Gasteiger partial charge on any atom is -0.354 e. The van der Waals surface area contributed by atoms with Gasteiger partial charge in [0.05, 0.1) is 11.9 Å². The molecule has 0 fully saturated rings. The predicted octanol–water partition coefficient (Wildman–Crippen LogP) is 5.86. The molecule has 226 valence electrons. The van der Waals surface area contributed by atoms with Gasteiger partial charge in [-0.15, -0.1) is 0 Å². The molecule has 3 aromatic rings. The third kappa shape index (κ3) is 10.2. The Kier molecular flexibility index (Phi) is 12.4. The maximum absolute atomic E-state index is 13.9. The highest BCUT2D eigenvalue weighted by Gasteiger charge is 2.30. The molecule has 1 atom stereocenters. The van der Waals surface area contributed by atoms with Gasteiger partial charge in [0.15, 0.2) is 0 Å². The van der Waals surface area contributed by atoms with Crippen molar-refractivity contribution in [2.24, 2.45) is 5.92 Å². The van der Waals surface area contributed by atoms with Crippen molar-refractivity contribution in [2.45, 2.75) is 59.0 Å². The number of nitrogens with one attached hydrogen (secondary N) is 1. The zero-order valence-corrected chi connectivity index (χ0v) is 26.5. The van der Waals surface area contributed by atoms with Crippen molar-refractivity contribution < 1.29 is 18.0 Å². The van der Waals surface area contributed by atoms with Crippen LogP contribution in [0.4, 0.5) is 5.69 Å². The van der Waals surface area contributed by atoms with E-state index >= 15 is 0 Å². The second kappa shape index (κ2) is 15.8. The Hall–Kier alpha value is -3.36. The third-order valence-corrected chi connectivity index (χ3v) is 8.41. The van der Waals surface area contributed by atoms with Crippen LogP contribution in [0.15, 0.2) is 78.9 Å². The highest BCUT2D eigenvalue weighted by atomic mass is 35.5. The Labute approximate surface area is 255 Å². The highest BCUT2D eigenvalue weighted by molar-refractivity contribution is 7.92. The van der Waals surface area contributed by atoms with E-state index in [2.05, 4.69) is 5.32 Å². The van der Waals surface area contributed by atoms with Crippen LogP contribution in [-0.4, -0.2) is 50.5 Å². The Morgan fingerprint density at radius 2 is 1.57 bits per heavy atom. The van der Waals surface area contributed by atoms with E-state index in [9.17, 15) is 18.0 Å². The molecule has 0 heterocycles. The molecule has 0 bridgehead atoms. The van der Waals surface area contributed by atoms with E-state index in [-0.39, 0.29) is 37.2 Å². The van der Waals surface area contributed by atoms with E-state index < -0.39 is 16.1 Å². The molecule has 0 aliphatic heterocycles. The summed E-state index contributed by atoms with van der Waals surface area (Å²) in [5, 5.41) is 3.56. The normalized spacial score (nSPS) is 12.1. The van der Waals surface area contributed by atoms with Gasteiger partial charge in [-0.1, -0.05) is 87.0 Å². The van der Waals surface area contributed by atoms with Gasteiger partial charge in [0.2, 0.25) is 21.8 Å². The molecule has 0 aromatic heterocycles. The summed E-state index contributed by atoms with van der Waals surface area (Å²) in [4.78, 5) is 29.1. The topological polar surface area (TPSA) is 86.8 Å². The smallest absolute Gasteiger partial charge is 0.243 e. The van der Waals surface area contributed by atoms with E-state index in [0.29, 0.717) is 30.1 Å². The first-order valence-electron chi connectivity index (χ1n) is 14.4. The lowest BCUT2D eigenvalue weighted by molar-refractivity contribution is -0.141. The molecular weight excluding hydrogens is 570 g/mol. The van der Waals surface area contributed by atoms with Crippen LogP contribution >= 0.6 is 11.6 Å². The number of hydrogen-bond acceptors (Lipinski definition) is 4. The first-order valence-corrected chi connectivity index (χ1v) is 16.6. The van der Waals surface area contributed by atoms with Crippen molar-refractivity contribution in [3.8, 4) is 0 Å². The SMILES string of the molecule is CCc1ccc(N(CCCC(=O)N(Cc2cccc(Cl)c2)[C@H](Cc2ccccc2)C(=O)NCC(C)C)S(C)(=O)=O)cc1. The van der Waals surface area contributed by atoms with Crippen molar-refractivity contribution in [1.29, 1.82) is 0 Å². The molecule has 3 rings (SSSR count). The average molecular weight is 612 g/mol. The Morgan fingerprint density at radius 3 is 2.17 bits per heavy atom. The number of amides is 2. The lowest BCUT2D eigenvalue weighted by atomic mass is 10.0. The molecule has 3 aromatic carbocycles. The Morgan fingerprint density at radius 1 is 0.905 bits per heavy atom. The molecule has 1 N–H and O–H groups in total. The van der Waals surface area contributed by atoms with Crippen LogP contribution in [0.5, 0.6) is 0 Å². The van der Waals surface area contributed by atoms with Crippen LogP contribution < -0.4 is 9.62 Å². The summed E-state index contributed by atoms with van der Waals surface area (Å²) >= 11 is 6.26. The summed E-state index contributed by atoms with van der Waals surface area (Å²) in [6, 6.07) is 23.5. The molecule has 0 saturated heterocycles. The van der Waals surface area contributed by atoms with Gasteiger partial charge in [0, 0.05) is 37.5 Å². The van der Waals surface area contributed by atoms with Gasteiger partial charge in [-0.05, 0) is 59.7 Å². The summed E-state index contributed by atoms with van der Waals surface area (Å²) < 4.78 is 26.7. The number of rotatable bonds is 15. The molecule has 42 heavy (non-hydrogen) atoms. The zero-order chi connectivity index (χ0) is 30.7. The van der Waals surface area contributed by atoms with Gasteiger partial charge in [-0.3, -0.25) is 13.9 Å². The van der Waals surface area contributed by atoms with Gasteiger partial charge < -0.3 is 10.2 Å². The number of sulfonamides is 1. The molecule has 2 amide bonds. The standard InChI is InChI=1S/C33H42ClN3O4S/c1-5-26-16-18-30(19-17-26)37(42(4,40)41)20-10-15-32(38)36(24-28-13-9-14-29(34)21-28)31(33(39)35-23-25(2)3)22-27-11-7-6-8-12-27/h6-9,11-14,16-19,21,25,31H,5,10,15,20,22-24H2,1-4H3,(H,35,39)/t31-/m1/s1. The summed E-state index contributed by atoms with van der Waals surface area (Å²) in [5.74, 6) is -0.209. The molecule has 0 aliphatic carbocycles. The van der Waals surface area contributed by atoms with Crippen LogP contribution in [0.25, 0.3) is 0 Å². The van der Waals surface area contributed by atoms with Crippen molar-refractivity contribution in [1.82, 2.24) is 10.2 Å². The lowest BCUT2D eigenvalue weighted by Gasteiger charge is -2.32. The number of benzene rings is 3. The number of nitrogens with zero attached hydrogens (tertiary/aromatic N) is 2. The number of halogens is 1. The van der Waals surface area contributed by atoms with Crippen molar-refractivity contribution in [3.05, 3.63) is 101 Å². The molecule has 0 spiro atoms. The predicted molar refractivity (Wildman–Crippen MR) is 171 cm³/mol. The fourth-order valence-corrected chi connectivity index (χ4v) is 5.89. The Balaban J connectivity index is 1.87. The average Bonchev–Trinajstić information content (AvgIpc) is 2.95. The number of carbonyl (C=O) groups excluding carboxylic acids is 2. The summed E-state index contributed by atoms with van der Waals surface area (Å²) in [6.45, 7) is 6.90. The van der Waals surface area contributed by atoms with Crippen LogP contribution in [0.3, 0.4) is 0 Å². The first kappa shape index (κ1) is 33.1. The maximum atomic E-state index is 13.9. The summed E-state index contributed by atoms with van der Waals surface area (Å²) in [7, 11) is -3.57. The second-order valence-corrected chi connectivity index (χ2v) is 13.3. The fourth-order valence-electron chi connectivity index (χ4n) is 4.71. The van der Waals surface area contributed by atoms with Crippen LogP contribution in [-0.2, 0) is 39.0 Å². The molecule has 0 aliphatic rings. The Bertz CT molecular complexity index is 1410. The number of aryl methyl sites for hydroxylation is 1. The van der Waals surface area contributed by atoms with Crippen molar-refractivity contribution in [3.63, 3.8) is 0 Å². The number of anilines is 1. The fraction of sp³-hybridized carbons (Fsp3) is 0.394. The molecule has 7 nitrogen and oxygen atoms in total. The van der Waals surface area contributed by atoms with Gasteiger partial charge in [0.1, 0.15) is 6.04 Å². The van der Waals surface area contributed by atoms with Crippen molar-refractivity contribution >= 4 is 39.1 Å². The molecule has 9 heteroatoms. The minimum absolute atomic E-state index is 0.0718. The van der Waals surface area contributed by atoms with E-state index in [0.717, 1.165) is 23.1 Å². The number of hydrogen-bond donors (Lipinski definition) is 1. The number of carbonyl (C=O) groups is 2. The van der Waals surface area contributed by atoms with Crippen LogP contribution in [0.2, 0.25) is 5.02 Å². The quantitative estimate of drug-likeness (QED) is 0.233. The molecule has 0 saturated carbocycles. The van der Waals surface area contributed by atoms with E-state index in [4.69, 9.17) is 11.6 Å². The van der Waals surface area contributed by atoms with Gasteiger partial charge in [0.25, 0.3) is 0 Å².